The van der Waals surface area contributed by atoms with E-state index in [0.29, 0.717) is 58.2 Å². The molecule has 0 aliphatic carbocycles. The van der Waals surface area contributed by atoms with Gasteiger partial charge in [0, 0.05) is 106 Å². The number of nitrogens with two attached hydrogens (primary N) is 1. The highest BCUT2D eigenvalue weighted by Gasteiger charge is 2.39. The molecule has 0 atom stereocenters. The van der Waals surface area contributed by atoms with Crippen molar-refractivity contribution in [1.29, 1.82) is 0 Å². The number of pyridine rings is 2. The second-order valence-electron chi connectivity index (χ2n) is 17.6. The van der Waals surface area contributed by atoms with Crippen LogP contribution < -0.4 is 11.1 Å². The van der Waals surface area contributed by atoms with Crippen LogP contribution >= 0.6 is 45.9 Å². The maximum atomic E-state index is 13.1. The molecule has 2 fully saturated rings. The smallest absolute Gasteiger partial charge is 0.337 e. The number of benzene rings is 2. The number of hydrogen-bond donors (Lipinski definition) is 3. The Bertz CT molecular complexity index is 3050. The van der Waals surface area contributed by atoms with Crippen molar-refractivity contribution in [2.75, 3.05) is 53.4 Å². The molecule has 2 aromatic carbocycles. The van der Waals surface area contributed by atoms with Gasteiger partial charge in [-0.3, -0.25) is 14.8 Å². The van der Waals surface area contributed by atoms with Crippen molar-refractivity contribution in [2.24, 2.45) is 5.73 Å². The molecule has 8 heterocycles. The van der Waals surface area contributed by atoms with Crippen LogP contribution in [0.1, 0.15) is 69.6 Å². The summed E-state index contributed by atoms with van der Waals surface area (Å²) >= 11 is 15.3. The first kappa shape index (κ1) is 51.0. The summed E-state index contributed by atoms with van der Waals surface area (Å²) in [6.07, 6.45) is 9.91. The number of thiazole rings is 2. The van der Waals surface area contributed by atoms with Gasteiger partial charge in [0.2, 0.25) is 23.4 Å². The van der Waals surface area contributed by atoms with Gasteiger partial charge in [0.25, 0.3) is 5.91 Å². The van der Waals surface area contributed by atoms with Crippen LogP contribution in [0.3, 0.4) is 0 Å². The van der Waals surface area contributed by atoms with E-state index < -0.39 is 5.97 Å². The minimum atomic E-state index is -1.04. The summed E-state index contributed by atoms with van der Waals surface area (Å²) < 4.78 is 9.83. The van der Waals surface area contributed by atoms with Crippen molar-refractivity contribution in [3.8, 4) is 43.9 Å². The van der Waals surface area contributed by atoms with Crippen LogP contribution in [-0.2, 0) is 10.8 Å². The zero-order valence-electron chi connectivity index (χ0n) is 39.5. The lowest BCUT2D eigenvalue weighted by Gasteiger charge is -2.39. The number of aromatic nitrogens is 8. The highest BCUT2D eigenvalue weighted by molar-refractivity contribution is 7.13. The van der Waals surface area contributed by atoms with E-state index in [1.54, 1.807) is 55.0 Å². The average molecular weight is 1040 g/mol. The number of hydrogen-bond acceptors (Lipinski definition) is 17. The van der Waals surface area contributed by atoms with E-state index >= 15 is 0 Å². The number of carboxylic acids is 1. The van der Waals surface area contributed by atoms with Crippen LogP contribution in [-0.4, -0.2) is 120 Å². The molecular weight excluding hydrogens is 984 g/mol. The highest BCUT2D eigenvalue weighted by atomic mass is 35.5. The van der Waals surface area contributed by atoms with Gasteiger partial charge in [-0.05, 0) is 102 Å². The molecular formula is C50H52Cl2N12O5S2. The summed E-state index contributed by atoms with van der Waals surface area (Å²) in [5, 5.41) is 27.3. The SMILES string of the molecule is CN1CCC(CN)(c2csc(-c3ccc(Cl)cc3)n2)CC1.Cc1nc(-c2cncc(C(=O)NCC3(c4csc(-c5ccc(Cl)cc5)n4)CCN(C)CC3)c2)no1.Cc1nc(-c2cncc(C(=O)O)c2)no1. The second-order valence-corrected chi connectivity index (χ2v) is 20.2. The van der Waals surface area contributed by atoms with Gasteiger partial charge in [-0.2, -0.15) is 9.97 Å². The molecule has 6 aromatic heterocycles. The maximum Gasteiger partial charge on any atom is 0.337 e. The van der Waals surface area contributed by atoms with E-state index in [9.17, 15) is 9.59 Å². The minimum absolute atomic E-state index is 0.0493. The third-order valence-electron chi connectivity index (χ3n) is 12.7. The topological polar surface area (TPSA) is 228 Å². The van der Waals surface area contributed by atoms with E-state index in [2.05, 4.69) is 70.2 Å². The number of piperidine rings is 2. The van der Waals surface area contributed by atoms with Crippen molar-refractivity contribution >= 4 is 57.8 Å². The van der Waals surface area contributed by atoms with Crippen LogP contribution in [0, 0.1) is 13.8 Å². The number of rotatable bonds is 11. The number of carbonyl (C=O) groups excluding carboxylic acids is 1. The van der Waals surface area contributed by atoms with E-state index in [1.807, 2.05) is 48.5 Å². The molecule has 0 spiro atoms. The third kappa shape index (κ3) is 12.6. The summed E-state index contributed by atoms with van der Waals surface area (Å²) in [5.41, 5.74) is 12.0. The normalized spacial score (nSPS) is 15.5. The van der Waals surface area contributed by atoms with Gasteiger partial charge >= 0.3 is 5.97 Å². The predicted molar refractivity (Wildman–Crippen MR) is 275 cm³/mol. The molecule has 0 unspecified atom stereocenters. The molecule has 2 saturated heterocycles. The number of carboxylic acid groups (broad SMARTS) is 1. The molecule has 1 amide bonds. The average Bonchev–Trinajstić information content (AvgIpc) is 4.25. The van der Waals surface area contributed by atoms with Gasteiger partial charge in [-0.15, -0.1) is 22.7 Å². The number of amides is 1. The fourth-order valence-electron chi connectivity index (χ4n) is 8.22. The number of aromatic carboxylic acids is 1. The minimum Gasteiger partial charge on any atom is -0.478 e. The summed E-state index contributed by atoms with van der Waals surface area (Å²) in [6, 6.07) is 18.8. The molecule has 2 aliphatic heterocycles. The number of nitrogens with zero attached hydrogens (tertiary/aromatic N) is 10. The molecule has 71 heavy (non-hydrogen) atoms. The first-order valence-corrected chi connectivity index (χ1v) is 25.3. The second kappa shape index (κ2) is 22.8. The molecule has 2 aliphatic rings. The van der Waals surface area contributed by atoms with Crippen LogP contribution in [0.5, 0.6) is 0 Å². The van der Waals surface area contributed by atoms with Crippen molar-refractivity contribution in [3.63, 3.8) is 0 Å². The Morgan fingerprint density at radius 2 is 1.10 bits per heavy atom. The maximum absolute atomic E-state index is 13.1. The van der Waals surface area contributed by atoms with Crippen LogP contribution in [0.2, 0.25) is 10.0 Å². The third-order valence-corrected chi connectivity index (χ3v) is 15.0. The fraction of sp³-hybridized carbons (Fsp3) is 0.320. The monoisotopic (exact) mass is 1030 g/mol. The van der Waals surface area contributed by atoms with Gasteiger partial charge in [-0.25, -0.2) is 14.8 Å². The summed E-state index contributed by atoms with van der Waals surface area (Å²) in [6.45, 7) is 8.61. The predicted octanol–water partition coefficient (Wildman–Crippen LogP) is 9.13. The first-order valence-electron chi connectivity index (χ1n) is 22.8. The Kier molecular flexibility index (Phi) is 16.4. The molecule has 8 aromatic rings. The number of halogens is 2. The van der Waals surface area contributed by atoms with E-state index in [-0.39, 0.29) is 22.3 Å². The van der Waals surface area contributed by atoms with E-state index in [0.717, 1.165) is 89.4 Å². The molecule has 368 valence electrons. The Balaban J connectivity index is 0.000000159. The Morgan fingerprint density at radius 1 is 0.662 bits per heavy atom. The Hall–Kier alpha value is -6.32. The van der Waals surface area contributed by atoms with Gasteiger partial charge in [0.05, 0.1) is 22.5 Å². The molecule has 10 rings (SSSR count). The van der Waals surface area contributed by atoms with E-state index in [4.69, 9.17) is 53.1 Å². The number of likely N-dealkylation sites (tertiary alicyclic amines) is 2. The van der Waals surface area contributed by atoms with Crippen molar-refractivity contribution in [2.45, 2.75) is 50.4 Å². The summed E-state index contributed by atoms with van der Waals surface area (Å²) in [5.74, 6) is 0.401. The summed E-state index contributed by atoms with van der Waals surface area (Å²) in [4.78, 5) is 54.5. The zero-order chi connectivity index (χ0) is 50.1. The van der Waals surface area contributed by atoms with Crippen LogP contribution in [0.25, 0.3) is 43.9 Å². The summed E-state index contributed by atoms with van der Waals surface area (Å²) in [7, 11) is 4.29. The van der Waals surface area contributed by atoms with Gasteiger partial charge in [0.15, 0.2) is 0 Å². The molecule has 0 radical (unpaired) electrons. The lowest BCUT2D eigenvalue weighted by Crippen LogP contribution is -2.48. The fourth-order valence-corrected chi connectivity index (χ4v) is 10.4. The van der Waals surface area contributed by atoms with Gasteiger partial charge < -0.3 is 35.0 Å². The van der Waals surface area contributed by atoms with Crippen molar-refractivity contribution in [3.05, 3.63) is 141 Å². The first-order chi connectivity index (χ1) is 34.2. The van der Waals surface area contributed by atoms with Crippen molar-refractivity contribution < 1.29 is 23.7 Å². The highest BCUT2D eigenvalue weighted by Crippen LogP contribution is 2.39. The molecule has 0 saturated carbocycles. The van der Waals surface area contributed by atoms with Gasteiger partial charge in [0.1, 0.15) is 10.0 Å². The molecule has 21 heteroatoms. The quantitative estimate of drug-likeness (QED) is 0.110. The van der Waals surface area contributed by atoms with Crippen LogP contribution in [0.4, 0.5) is 0 Å². The van der Waals surface area contributed by atoms with E-state index in [1.165, 1.54) is 18.5 Å². The number of aryl methyl sites for hydroxylation is 2. The van der Waals surface area contributed by atoms with Gasteiger partial charge in [-0.1, -0.05) is 57.8 Å². The Labute approximate surface area is 428 Å². The number of nitrogens with one attached hydrogen (secondary N) is 1. The molecule has 0 bridgehead atoms. The lowest BCUT2D eigenvalue weighted by atomic mass is 9.76. The lowest BCUT2D eigenvalue weighted by molar-refractivity contribution is 0.0696. The largest absolute Gasteiger partial charge is 0.478 e. The Morgan fingerprint density at radius 3 is 1.54 bits per heavy atom. The van der Waals surface area contributed by atoms with Crippen molar-refractivity contribution in [1.82, 2.24) is 55.3 Å². The molecule has 4 N–H and O–H groups in total. The van der Waals surface area contributed by atoms with Crippen LogP contribution in [0.15, 0.2) is 105 Å². The standard InChI is InChI=1S/C25H25ClN6O2S.C16H20ClN3S.C9H7N3O3/c1-16-29-22(31-34-16)18-11-19(13-27-12-18)23(33)28-15-25(7-9-32(2)10-8-25)21-14-35-24(30-21)17-3-5-20(26)6-4-17;1-20-8-6-16(11-18,7-9-20)14-10-21-15(19-14)12-2-4-13(17)5-3-12;1-5-11-8(12-15-5)6-2-7(9(13)14)4-10-3-6/h3-6,11-14H,7-10,15H2,1-2H3,(H,28,33);2-5,10H,6-9,11,18H2,1H3;2-4H,1H3,(H,13,14). The molecule has 17 nitrogen and oxygen atoms in total. The number of carbonyl (C=O) groups is 2. The zero-order valence-corrected chi connectivity index (χ0v) is 42.7.